The Hall–Kier alpha value is -6.20. The quantitative estimate of drug-likeness (QED) is 0.0269. The van der Waals surface area contributed by atoms with Crippen molar-refractivity contribution in [3.8, 4) is 5.75 Å². The molecule has 0 aromatic heterocycles. The summed E-state index contributed by atoms with van der Waals surface area (Å²) in [6.45, 7) is 1.48. The van der Waals surface area contributed by atoms with E-state index < -0.39 is 104 Å². The minimum atomic E-state index is -5.29. The lowest BCUT2D eigenvalue weighted by Crippen LogP contribution is -2.04. The molecule has 0 aliphatic carbocycles. The van der Waals surface area contributed by atoms with Crippen molar-refractivity contribution in [2.45, 2.75) is 26.5 Å². The zero-order valence-electron chi connectivity index (χ0n) is 27.6. The van der Waals surface area contributed by atoms with Crippen molar-refractivity contribution in [2.24, 2.45) is 30.7 Å². The number of rotatable bonds is 11. The maximum atomic E-state index is 12.5. The molecule has 0 saturated heterocycles. The summed E-state index contributed by atoms with van der Waals surface area (Å²) in [6.07, 6.45) is 0. The lowest BCUT2D eigenvalue weighted by molar-refractivity contribution is -0.384. The summed E-state index contributed by atoms with van der Waals surface area (Å²) >= 11 is 0. The van der Waals surface area contributed by atoms with E-state index >= 15 is 0 Å². The molecule has 0 bridgehead atoms. The van der Waals surface area contributed by atoms with Crippen molar-refractivity contribution in [3.63, 3.8) is 0 Å². The summed E-state index contributed by atoms with van der Waals surface area (Å²) in [5.41, 5.74) is 3.56. The third-order valence-corrected chi connectivity index (χ3v) is 10.9. The number of fused-ring (bicyclic) bond motifs is 1. The molecule has 5 rings (SSSR count). The Morgan fingerprint density at radius 2 is 1.14 bits per heavy atom. The SMILES string of the molecule is Cc1cc(N=Nc2cc(S(=O)(=O)O)c3cc(S(=O)(=O)O)c(N=Nc4ccc([N+](=O)[O-])cc4)c(O)c3c2N)ccc1N=Nc1cc(S(=O)(=O)O)ccc1S(=O)(=O)O. The van der Waals surface area contributed by atoms with Crippen LogP contribution in [0.2, 0.25) is 0 Å². The standard InChI is InChI=1S/C29H22N8O15S4/c1-14-10-16(4-8-20(14)33-34-21-11-18(53(41,42)43)7-9-23(21)54(44,45)46)32-35-22-13-24(55(47,48)49)19-12-25(56(50,51)52)28(29(38)26(19)27(22)30)36-31-15-2-5-17(6-3-15)37(39)40/h2-13,38H,30H2,1H3,(H,41,42,43)(H,44,45,46)(H,47,48,49)(H,50,51,52). The van der Waals surface area contributed by atoms with Crippen LogP contribution >= 0.6 is 0 Å². The molecule has 0 radical (unpaired) electrons. The number of hydrogen-bond acceptors (Lipinski definition) is 18. The third-order valence-electron chi connectivity index (χ3n) is 7.42. The van der Waals surface area contributed by atoms with Gasteiger partial charge in [-0.05, 0) is 73.2 Å². The summed E-state index contributed by atoms with van der Waals surface area (Å²) in [6, 6.07) is 11.5. The van der Waals surface area contributed by atoms with E-state index in [1.54, 1.807) is 0 Å². The number of aromatic hydroxyl groups is 1. The largest absolute Gasteiger partial charge is 0.505 e. The van der Waals surface area contributed by atoms with Crippen molar-refractivity contribution in [2.75, 3.05) is 5.73 Å². The molecule has 0 spiro atoms. The number of benzene rings is 5. The Bertz CT molecular complexity index is 3030. The van der Waals surface area contributed by atoms with E-state index in [1.807, 2.05) is 0 Å². The molecule has 0 aliphatic rings. The number of nitro benzene ring substituents is 1. The number of nitrogen functional groups attached to an aromatic ring is 1. The maximum Gasteiger partial charge on any atom is 0.296 e. The van der Waals surface area contributed by atoms with Crippen molar-refractivity contribution in [1.29, 1.82) is 0 Å². The van der Waals surface area contributed by atoms with Crippen LogP contribution in [0.15, 0.2) is 123 Å². The van der Waals surface area contributed by atoms with Gasteiger partial charge in [0.25, 0.3) is 46.2 Å². The van der Waals surface area contributed by atoms with E-state index in [1.165, 1.54) is 25.1 Å². The van der Waals surface area contributed by atoms with E-state index in [4.69, 9.17) is 5.73 Å². The number of aryl methyl sites for hydroxylation is 1. The molecule has 5 aromatic rings. The van der Waals surface area contributed by atoms with Gasteiger partial charge in [-0.15, -0.1) is 15.3 Å². The van der Waals surface area contributed by atoms with Crippen LogP contribution in [0.1, 0.15) is 5.56 Å². The maximum absolute atomic E-state index is 12.5. The fourth-order valence-corrected chi connectivity index (χ4v) is 7.29. The molecule has 0 aliphatic heterocycles. The van der Waals surface area contributed by atoms with Gasteiger partial charge < -0.3 is 10.8 Å². The van der Waals surface area contributed by atoms with E-state index in [-0.39, 0.29) is 28.3 Å². The van der Waals surface area contributed by atoms with Gasteiger partial charge in [0.2, 0.25) is 0 Å². The van der Waals surface area contributed by atoms with Crippen LogP contribution in [0.5, 0.6) is 5.75 Å². The number of hydrogen-bond donors (Lipinski definition) is 6. The lowest BCUT2D eigenvalue weighted by atomic mass is 10.0. The zero-order valence-corrected chi connectivity index (χ0v) is 30.9. The molecular formula is C29H22N8O15S4. The van der Waals surface area contributed by atoms with Gasteiger partial charge in [-0.3, -0.25) is 28.3 Å². The molecule has 27 heteroatoms. The topological polar surface area (TPSA) is 381 Å². The van der Waals surface area contributed by atoms with Crippen molar-refractivity contribution >= 4 is 96.7 Å². The average molecular weight is 851 g/mol. The molecule has 292 valence electrons. The number of nitro groups is 1. The van der Waals surface area contributed by atoms with Crippen LogP contribution in [0.25, 0.3) is 10.8 Å². The second-order valence-electron chi connectivity index (χ2n) is 11.2. The number of anilines is 1. The van der Waals surface area contributed by atoms with Gasteiger partial charge in [0.15, 0.2) is 5.75 Å². The second kappa shape index (κ2) is 14.8. The smallest absolute Gasteiger partial charge is 0.296 e. The minimum Gasteiger partial charge on any atom is -0.505 e. The number of phenols is 1. The highest BCUT2D eigenvalue weighted by molar-refractivity contribution is 7.87. The normalized spacial score (nSPS) is 13.0. The second-order valence-corrected chi connectivity index (χ2v) is 16.8. The molecule has 0 saturated carbocycles. The third kappa shape index (κ3) is 8.84. The molecule has 56 heavy (non-hydrogen) atoms. The Morgan fingerprint density at radius 1 is 0.589 bits per heavy atom. The van der Waals surface area contributed by atoms with E-state index in [0.29, 0.717) is 24.3 Å². The molecule has 0 amide bonds. The Morgan fingerprint density at radius 3 is 1.70 bits per heavy atom. The lowest BCUT2D eigenvalue weighted by Gasteiger charge is -2.14. The Labute approximate surface area is 314 Å². The van der Waals surface area contributed by atoms with E-state index in [2.05, 4.69) is 30.7 Å². The Kier molecular flexibility index (Phi) is 10.8. The van der Waals surface area contributed by atoms with Crippen LogP contribution in [-0.2, 0) is 40.5 Å². The average Bonchev–Trinajstić information content (AvgIpc) is 3.08. The molecule has 5 aromatic carbocycles. The van der Waals surface area contributed by atoms with Gasteiger partial charge in [-0.2, -0.15) is 49.0 Å². The summed E-state index contributed by atoms with van der Waals surface area (Å²) in [4.78, 5) is 6.48. The molecule has 0 heterocycles. The first kappa shape index (κ1) is 41.0. The van der Waals surface area contributed by atoms with Gasteiger partial charge in [0, 0.05) is 17.5 Å². The van der Waals surface area contributed by atoms with E-state index in [0.717, 1.165) is 30.3 Å². The fourth-order valence-electron chi connectivity index (χ4n) is 4.83. The number of non-ortho nitro benzene ring substituents is 1. The van der Waals surface area contributed by atoms with Crippen molar-refractivity contribution in [1.82, 2.24) is 0 Å². The van der Waals surface area contributed by atoms with Gasteiger partial charge in [-0.1, -0.05) is 0 Å². The first-order valence-electron chi connectivity index (χ1n) is 14.6. The Balaban J connectivity index is 1.59. The van der Waals surface area contributed by atoms with Gasteiger partial charge in [-0.25, -0.2) is 0 Å². The monoisotopic (exact) mass is 850 g/mol. The van der Waals surface area contributed by atoms with Crippen LogP contribution < -0.4 is 5.73 Å². The highest BCUT2D eigenvalue weighted by atomic mass is 32.2. The molecule has 0 unspecified atom stereocenters. The van der Waals surface area contributed by atoms with Crippen molar-refractivity contribution in [3.05, 3.63) is 88.5 Å². The fraction of sp³-hybridized carbons (Fsp3) is 0.0345. The van der Waals surface area contributed by atoms with Gasteiger partial charge in [0.1, 0.15) is 31.7 Å². The van der Waals surface area contributed by atoms with Crippen molar-refractivity contribution < 1.29 is 61.9 Å². The molecular weight excluding hydrogens is 829 g/mol. The zero-order chi connectivity index (χ0) is 41.5. The summed E-state index contributed by atoms with van der Waals surface area (Å²) in [5, 5.41) is 43.6. The first-order valence-corrected chi connectivity index (χ1v) is 20.4. The number of phenolic OH excluding ortho intramolecular Hbond substituents is 1. The van der Waals surface area contributed by atoms with Crippen LogP contribution in [0, 0.1) is 17.0 Å². The van der Waals surface area contributed by atoms with Gasteiger partial charge >= 0.3 is 0 Å². The summed E-state index contributed by atoms with van der Waals surface area (Å²) in [5.74, 6) is -1.15. The molecule has 0 fully saturated rings. The minimum absolute atomic E-state index is 0.0323. The number of azo groups is 3. The van der Waals surface area contributed by atoms with Crippen LogP contribution in [-0.4, -0.2) is 61.9 Å². The highest BCUT2D eigenvalue weighted by Gasteiger charge is 2.28. The molecule has 23 nitrogen and oxygen atoms in total. The number of nitrogens with zero attached hydrogens (tertiary/aromatic N) is 7. The summed E-state index contributed by atoms with van der Waals surface area (Å²) in [7, 11) is -20.3. The highest BCUT2D eigenvalue weighted by Crippen LogP contribution is 2.48. The molecule has 0 atom stereocenters. The van der Waals surface area contributed by atoms with Gasteiger partial charge in [0.05, 0.1) is 38.0 Å². The van der Waals surface area contributed by atoms with Crippen LogP contribution in [0.3, 0.4) is 0 Å². The molecule has 7 N–H and O–H groups in total. The predicted molar refractivity (Wildman–Crippen MR) is 193 cm³/mol. The van der Waals surface area contributed by atoms with E-state index in [9.17, 15) is 67.1 Å². The predicted octanol–water partition coefficient (Wildman–Crippen LogP) is 6.58. The van der Waals surface area contributed by atoms with Crippen LogP contribution in [0.4, 0.5) is 45.5 Å². The first-order chi connectivity index (χ1) is 25.9. The summed E-state index contributed by atoms with van der Waals surface area (Å²) < 4.78 is 135. The number of nitrogens with two attached hydrogens (primary N) is 1.